The van der Waals surface area contributed by atoms with Crippen LogP contribution in [0.2, 0.25) is 0 Å². The molecule has 2 aromatic rings. The van der Waals surface area contributed by atoms with E-state index in [2.05, 4.69) is 10.0 Å². The van der Waals surface area contributed by atoms with E-state index in [4.69, 9.17) is 9.47 Å². The lowest BCUT2D eigenvalue weighted by Gasteiger charge is -2.28. The summed E-state index contributed by atoms with van der Waals surface area (Å²) in [6, 6.07) is 9.13. The monoisotopic (exact) mass is 392 g/mol. The fourth-order valence-electron chi connectivity index (χ4n) is 3.39. The van der Waals surface area contributed by atoms with E-state index >= 15 is 0 Å². The Balaban J connectivity index is 1.92. The van der Waals surface area contributed by atoms with Crippen molar-refractivity contribution in [3.05, 3.63) is 47.0 Å². The van der Waals surface area contributed by atoms with Crippen LogP contribution in [0.15, 0.2) is 30.3 Å². The average molecular weight is 392 g/mol. The van der Waals surface area contributed by atoms with E-state index in [1.807, 2.05) is 18.2 Å². The number of fused-ring (bicyclic) bond motifs is 1. The maximum atomic E-state index is 11.6. The minimum Gasteiger partial charge on any atom is -0.506 e. The molecule has 1 aliphatic rings. The van der Waals surface area contributed by atoms with Crippen molar-refractivity contribution in [3.8, 4) is 17.2 Å². The Bertz CT molecular complexity index is 943. The number of sulfonamides is 1. The van der Waals surface area contributed by atoms with E-state index in [0.717, 1.165) is 35.9 Å². The van der Waals surface area contributed by atoms with Crippen LogP contribution in [-0.4, -0.2) is 40.5 Å². The largest absolute Gasteiger partial charge is 0.506 e. The van der Waals surface area contributed by atoms with E-state index in [-0.39, 0.29) is 17.5 Å². The van der Waals surface area contributed by atoms with Crippen LogP contribution in [0.3, 0.4) is 0 Å². The normalized spacial score (nSPS) is 16.5. The van der Waals surface area contributed by atoms with E-state index in [1.165, 1.54) is 0 Å². The molecule has 0 spiro atoms. The lowest BCUT2D eigenvalue weighted by molar-refractivity contribution is 0.354. The van der Waals surface area contributed by atoms with Gasteiger partial charge in [-0.15, -0.1) is 0 Å². The Hall–Kier alpha value is -2.45. The smallest absolute Gasteiger partial charge is 0.229 e. The maximum absolute atomic E-state index is 11.6. The van der Waals surface area contributed by atoms with Gasteiger partial charge in [-0.1, -0.05) is 6.07 Å². The lowest BCUT2D eigenvalue weighted by atomic mass is 9.89. The summed E-state index contributed by atoms with van der Waals surface area (Å²) in [5.41, 5.74) is 3.23. The SMILES string of the molecule is COc1ccc(CC2NCCc3cc(O)c(NS(C)(=O)=O)cc32)cc1OC. The minimum atomic E-state index is -3.48. The summed E-state index contributed by atoms with van der Waals surface area (Å²) in [5.74, 6) is 1.27. The van der Waals surface area contributed by atoms with Gasteiger partial charge in [0.05, 0.1) is 26.2 Å². The highest BCUT2D eigenvalue weighted by Crippen LogP contribution is 2.36. The van der Waals surface area contributed by atoms with Crippen LogP contribution in [0.4, 0.5) is 5.69 Å². The van der Waals surface area contributed by atoms with Gasteiger partial charge in [0.1, 0.15) is 5.75 Å². The summed E-state index contributed by atoms with van der Waals surface area (Å²) >= 11 is 0. The zero-order valence-corrected chi connectivity index (χ0v) is 16.4. The van der Waals surface area contributed by atoms with Crippen molar-refractivity contribution in [2.75, 3.05) is 31.7 Å². The quantitative estimate of drug-likeness (QED) is 0.652. The van der Waals surface area contributed by atoms with Gasteiger partial charge in [-0.25, -0.2) is 8.42 Å². The first-order valence-electron chi connectivity index (χ1n) is 8.58. The number of aromatic hydroxyl groups is 1. The van der Waals surface area contributed by atoms with Gasteiger partial charge in [0, 0.05) is 6.04 Å². The molecule has 3 rings (SSSR count). The van der Waals surface area contributed by atoms with Gasteiger partial charge in [0.2, 0.25) is 10.0 Å². The molecule has 146 valence electrons. The molecular weight excluding hydrogens is 368 g/mol. The summed E-state index contributed by atoms with van der Waals surface area (Å²) in [7, 11) is -0.285. The van der Waals surface area contributed by atoms with Crippen molar-refractivity contribution >= 4 is 15.7 Å². The molecule has 1 heterocycles. The summed E-state index contributed by atoms with van der Waals surface area (Å²) in [6.45, 7) is 0.781. The molecule has 0 radical (unpaired) electrons. The van der Waals surface area contributed by atoms with Crippen LogP contribution in [0.1, 0.15) is 22.7 Å². The number of benzene rings is 2. The molecule has 0 amide bonds. The summed E-state index contributed by atoms with van der Waals surface area (Å²) in [4.78, 5) is 0. The van der Waals surface area contributed by atoms with E-state index in [1.54, 1.807) is 26.4 Å². The van der Waals surface area contributed by atoms with Crippen LogP contribution >= 0.6 is 0 Å². The van der Waals surface area contributed by atoms with E-state index in [9.17, 15) is 13.5 Å². The third-order valence-corrected chi connectivity index (χ3v) is 5.19. The molecule has 1 aliphatic heterocycles. The Kier molecular flexibility index (Phi) is 5.48. The second kappa shape index (κ2) is 7.66. The molecule has 8 heteroatoms. The van der Waals surface area contributed by atoms with E-state index < -0.39 is 10.0 Å². The van der Waals surface area contributed by atoms with Crippen LogP contribution in [0.5, 0.6) is 17.2 Å². The number of anilines is 1. The number of methoxy groups -OCH3 is 2. The highest BCUT2D eigenvalue weighted by Gasteiger charge is 2.23. The van der Waals surface area contributed by atoms with Gasteiger partial charge in [-0.05, 0) is 60.3 Å². The Labute approximate surface area is 159 Å². The number of rotatable bonds is 6. The van der Waals surface area contributed by atoms with Gasteiger partial charge in [0.25, 0.3) is 0 Å². The summed E-state index contributed by atoms with van der Waals surface area (Å²) in [6.07, 6.45) is 2.52. The van der Waals surface area contributed by atoms with Gasteiger partial charge >= 0.3 is 0 Å². The third-order valence-electron chi connectivity index (χ3n) is 4.60. The van der Waals surface area contributed by atoms with Gasteiger partial charge in [-0.3, -0.25) is 4.72 Å². The van der Waals surface area contributed by atoms with Crippen molar-refractivity contribution in [1.29, 1.82) is 0 Å². The number of phenols is 1. The Morgan fingerprint density at radius 1 is 1.19 bits per heavy atom. The first-order chi connectivity index (χ1) is 12.8. The van der Waals surface area contributed by atoms with Crippen LogP contribution in [-0.2, 0) is 22.9 Å². The topological polar surface area (TPSA) is 96.9 Å². The highest BCUT2D eigenvalue weighted by atomic mass is 32.2. The number of hydrogen-bond donors (Lipinski definition) is 3. The number of nitrogens with one attached hydrogen (secondary N) is 2. The summed E-state index contributed by atoms with van der Waals surface area (Å²) < 4.78 is 36.1. The minimum absolute atomic E-state index is 0.00689. The zero-order valence-electron chi connectivity index (χ0n) is 15.6. The van der Waals surface area contributed by atoms with E-state index in [0.29, 0.717) is 17.9 Å². The molecule has 0 aliphatic carbocycles. The summed E-state index contributed by atoms with van der Waals surface area (Å²) in [5, 5.41) is 13.6. The van der Waals surface area contributed by atoms with Crippen molar-refractivity contribution < 1.29 is 23.0 Å². The fourth-order valence-corrected chi connectivity index (χ4v) is 3.95. The Morgan fingerprint density at radius 2 is 1.93 bits per heavy atom. The van der Waals surface area contributed by atoms with Crippen molar-refractivity contribution in [2.45, 2.75) is 18.9 Å². The Morgan fingerprint density at radius 3 is 2.59 bits per heavy atom. The van der Waals surface area contributed by atoms with Gasteiger partial charge in [-0.2, -0.15) is 0 Å². The molecule has 0 bridgehead atoms. The maximum Gasteiger partial charge on any atom is 0.229 e. The predicted octanol–water partition coefficient (Wildman–Crippen LogP) is 2.21. The van der Waals surface area contributed by atoms with Crippen LogP contribution in [0, 0.1) is 0 Å². The first-order valence-corrected chi connectivity index (χ1v) is 10.5. The number of phenolic OH excluding ortho intramolecular Hbond substituents is 1. The molecule has 0 saturated carbocycles. The molecule has 1 atom stereocenters. The third kappa shape index (κ3) is 4.45. The highest BCUT2D eigenvalue weighted by molar-refractivity contribution is 7.92. The van der Waals surface area contributed by atoms with Gasteiger partial charge < -0.3 is 19.9 Å². The van der Waals surface area contributed by atoms with Crippen LogP contribution in [0.25, 0.3) is 0 Å². The zero-order chi connectivity index (χ0) is 19.6. The number of hydrogen-bond acceptors (Lipinski definition) is 6. The standard InChI is InChI=1S/C19H24N2O5S/c1-25-18-5-4-12(9-19(18)26-2)8-15-14-11-16(21-27(3,23)24)17(22)10-13(14)6-7-20-15/h4-5,9-11,15,20-22H,6-8H2,1-3H3. The molecule has 27 heavy (non-hydrogen) atoms. The molecule has 3 N–H and O–H groups in total. The van der Waals surface area contributed by atoms with Crippen molar-refractivity contribution in [3.63, 3.8) is 0 Å². The van der Waals surface area contributed by atoms with Gasteiger partial charge in [0.15, 0.2) is 11.5 Å². The lowest BCUT2D eigenvalue weighted by Crippen LogP contribution is -2.31. The molecule has 1 unspecified atom stereocenters. The van der Waals surface area contributed by atoms with Crippen LogP contribution < -0.4 is 19.5 Å². The number of ether oxygens (including phenoxy) is 2. The average Bonchev–Trinajstić information content (AvgIpc) is 2.61. The molecule has 7 nitrogen and oxygen atoms in total. The fraction of sp³-hybridized carbons (Fsp3) is 0.368. The predicted molar refractivity (Wildman–Crippen MR) is 104 cm³/mol. The molecular formula is C19H24N2O5S. The molecule has 0 saturated heterocycles. The molecule has 2 aromatic carbocycles. The second-order valence-corrected chi connectivity index (χ2v) is 8.34. The van der Waals surface area contributed by atoms with Crippen molar-refractivity contribution in [2.24, 2.45) is 0 Å². The second-order valence-electron chi connectivity index (χ2n) is 6.59. The first kappa shape index (κ1) is 19.3. The molecule has 0 aromatic heterocycles. The molecule has 0 fully saturated rings. The van der Waals surface area contributed by atoms with Crippen molar-refractivity contribution in [1.82, 2.24) is 5.32 Å².